The molecule has 0 aliphatic carbocycles. The Bertz CT molecular complexity index is 820. The molecule has 0 aliphatic heterocycles. The monoisotopic (exact) mass is 396 g/mol. The van der Waals surface area contributed by atoms with Crippen LogP contribution in [0.2, 0.25) is 0 Å². The fraction of sp³-hybridized carbons (Fsp3) is 0.357. The highest BCUT2D eigenvalue weighted by atomic mass is 32.2. The summed E-state index contributed by atoms with van der Waals surface area (Å²) in [5, 5.41) is 2.95. The van der Waals surface area contributed by atoms with Crippen LogP contribution in [0.4, 0.5) is 18.0 Å². The highest BCUT2D eigenvalue weighted by Gasteiger charge is 2.28. The van der Waals surface area contributed by atoms with Gasteiger partial charge in [-0.15, -0.1) is 0 Å². The molecule has 1 rings (SSSR count). The van der Waals surface area contributed by atoms with E-state index >= 15 is 0 Å². The van der Waals surface area contributed by atoms with E-state index in [0.717, 1.165) is 12.3 Å². The number of urea groups is 1. The summed E-state index contributed by atoms with van der Waals surface area (Å²) >= 11 is 0. The van der Waals surface area contributed by atoms with Gasteiger partial charge in [0.25, 0.3) is 5.91 Å². The van der Waals surface area contributed by atoms with Crippen LogP contribution in [-0.2, 0) is 19.4 Å². The number of halogens is 3. The lowest BCUT2D eigenvalue weighted by atomic mass is 10.1. The van der Waals surface area contributed by atoms with E-state index in [4.69, 9.17) is 0 Å². The van der Waals surface area contributed by atoms with Crippen molar-refractivity contribution >= 4 is 27.7 Å². The Hall–Kier alpha value is -2.63. The van der Waals surface area contributed by atoms with E-state index in [1.807, 2.05) is 0 Å². The molecule has 0 bridgehead atoms. The quantitative estimate of drug-likeness (QED) is 0.715. The van der Waals surface area contributed by atoms with E-state index in [9.17, 15) is 36.0 Å². The minimum Gasteiger partial charge on any atom is -0.452 e. The van der Waals surface area contributed by atoms with Crippen LogP contribution in [0.25, 0.3) is 0 Å². The zero-order chi connectivity index (χ0) is 20.1. The second-order valence-electron chi connectivity index (χ2n) is 5.17. The molecule has 0 heterocycles. The molecule has 26 heavy (non-hydrogen) atoms. The van der Waals surface area contributed by atoms with Crippen LogP contribution in [0.5, 0.6) is 0 Å². The second-order valence-corrected chi connectivity index (χ2v) is 7.19. The van der Waals surface area contributed by atoms with E-state index in [0.29, 0.717) is 5.56 Å². The van der Waals surface area contributed by atoms with Gasteiger partial charge >= 0.3 is 18.2 Å². The third-order valence-electron chi connectivity index (χ3n) is 2.89. The number of imide groups is 1. The Morgan fingerprint density at radius 1 is 1.19 bits per heavy atom. The van der Waals surface area contributed by atoms with E-state index in [1.54, 1.807) is 5.32 Å². The zero-order valence-electron chi connectivity index (χ0n) is 13.6. The number of rotatable bonds is 5. The van der Waals surface area contributed by atoms with Gasteiger partial charge in [0, 0.05) is 6.26 Å². The molecule has 0 saturated heterocycles. The molecule has 0 radical (unpaired) electrons. The van der Waals surface area contributed by atoms with Crippen LogP contribution in [0.15, 0.2) is 23.1 Å². The number of aryl methyl sites for hydroxylation is 1. The Balaban J connectivity index is 2.64. The second kappa shape index (κ2) is 8.17. The van der Waals surface area contributed by atoms with Gasteiger partial charge in [-0.25, -0.2) is 18.0 Å². The molecule has 0 aliphatic rings. The minimum atomic E-state index is -4.64. The van der Waals surface area contributed by atoms with Gasteiger partial charge in [0.15, 0.2) is 16.4 Å². The average molecular weight is 396 g/mol. The summed E-state index contributed by atoms with van der Waals surface area (Å²) in [4.78, 5) is 34.3. The van der Waals surface area contributed by atoms with Gasteiger partial charge in [0.05, 0.1) is 10.5 Å². The third kappa shape index (κ3) is 7.09. The molecule has 0 atom stereocenters. The van der Waals surface area contributed by atoms with Crippen LogP contribution in [0, 0.1) is 6.92 Å². The maximum absolute atomic E-state index is 11.9. The van der Waals surface area contributed by atoms with Crippen molar-refractivity contribution < 1.29 is 40.7 Å². The number of alkyl halides is 3. The normalized spacial score (nSPS) is 11.6. The summed E-state index contributed by atoms with van der Waals surface area (Å²) in [6.07, 6.45) is -3.70. The molecule has 0 fully saturated rings. The standard InChI is InChI=1S/C14H15F3N2O6S/c1-8-3-4-9(26(2,23)24)5-10(8)12(21)25-6-11(20)19-13(22)18-7-14(15,16)17/h3-5H,6-7H2,1-2H3,(H2,18,19,20,22). The maximum atomic E-state index is 11.9. The molecule has 12 heteroatoms. The number of ether oxygens (including phenoxy) is 1. The number of amides is 3. The van der Waals surface area contributed by atoms with Gasteiger partial charge in [-0.2, -0.15) is 13.2 Å². The van der Waals surface area contributed by atoms with Crippen LogP contribution in [0.1, 0.15) is 15.9 Å². The summed E-state index contributed by atoms with van der Waals surface area (Å²) in [6, 6.07) is 2.33. The fourth-order valence-corrected chi connectivity index (χ4v) is 2.30. The number of esters is 1. The van der Waals surface area contributed by atoms with Crippen molar-refractivity contribution in [2.24, 2.45) is 0 Å². The number of benzene rings is 1. The van der Waals surface area contributed by atoms with Gasteiger partial charge in [-0.05, 0) is 24.6 Å². The van der Waals surface area contributed by atoms with E-state index < -0.39 is 47.1 Å². The van der Waals surface area contributed by atoms with Gasteiger partial charge in [0.1, 0.15) is 6.54 Å². The topological polar surface area (TPSA) is 119 Å². The Morgan fingerprint density at radius 2 is 1.81 bits per heavy atom. The molecule has 0 spiro atoms. The number of hydrogen-bond acceptors (Lipinski definition) is 6. The lowest BCUT2D eigenvalue weighted by Gasteiger charge is -2.10. The van der Waals surface area contributed by atoms with Gasteiger partial charge < -0.3 is 10.1 Å². The molecule has 2 N–H and O–H groups in total. The Labute approximate surface area is 146 Å². The maximum Gasteiger partial charge on any atom is 0.405 e. The van der Waals surface area contributed by atoms with Crippen molar-refractivity contribution in [1.29, 1.82) is 0 Å². The summed E-state index contributed by atoms with van der Waals surface area (Å²) in [5.41, 5.74) is 0.271. The summed E-state index contributed by atoms with van der Waals surface area (Å²) in [5.74, 6) is -2.19. The minimum absolute atomic E-state index is 0.109. The lowest BCUT2D eigenvalue weighted by Crippen LogP contribution is -2.44. The predicted molar refractivity (Wildman–Crippen MR) is 82.2 cm³/mol. The highest BCUT2D eigenvalue weighted by Crippen LogP contribution is 2.16. The van der Waals surface area contributed by atoms with Gasteiger partial charge in [0.2, 0.25) is 0 Å². The molecule has 0 unspecified atom stereocenters. The summed E-state index contributed by atoms with van der Waals surface area (Å²) in [7, 11) is -3.57. The number of nitrogens with one attached hydrogen (secondary N) is 2. The molecule has 1 aromatic carbocycles. The van der Waals surface area contributed by atoms with Crippen molar-refractivity contribution in [3.8, 4) is 0 Å². The molecular formula is C14H15F3N2O6S. The van der Waals surface area contributed by atoms with Crippen molar-refractivity contribution in [1.82, 2.24) is 10.6 Å². The highest BCUT2D eigenvalue weighted by molar-refractivity contribution is 7.90. The van der Waals surface area contributed by atoms with Crippen LogP contribution < -0.4 is 10.6 Å². The van der Waals surface area contributed by atoms with Gasteiger partial charge in [-0.1, -0.05) is 6.07 Å². The molecule has 0 aromatic heterocycles. The number of carbonyl (C=O) groups excluding carboxylic acids is 3. The molecule has 3 amide bonds. The van der Waals surface area contributed by atoms with Crippen LogP contribution in [-0.4, -0.2) is 51.9 Å². The third-order valence-corrected chi connectivity index (χ3v) is 4.00. The smallest absolute Gasteiger partial charge is 0.405 e. The van der Waals surface area contributed by atoms with E-state index in [1.165, 1.54) is 24.4 Å². The van der Waals surface area contributed by atoms with Crippen molar-refractivity contribution in [3.63, 3.8) is 0 Å². The molecule has 1 aromatic rings. The predicted octanol–water partition coefficient (Wildman–Crippen LogP) is 0.943. The fourth-order valence-electron chi connectivity index (χ4n) is 1.65. The summed E-state index contributed by atoms with van der Waals surface area (Å²) < 4.78 is 63.4. The van der Waals surface area contributed by atoms with Crippen LogP contribution >= 0.6 is 0 Å². The SMILES string of the molecule is Cc1ccc(S(C)(=O)=O)cc1C(=O)OCC(=O)NC(=O)NCC(F)(F)F. The van der Waals surface area contributed by atoms with Crippen LogP contribution in [0.3, 0.4) is 0 Å². The molecule has 8 nitrogen and oxygen atoms in total. The van der Waals surface area contributed by atoms with Gasteiger partial charge in [-0.3, -0.25) is 10.1 Å². The largest absolute Gasteiger partial charge is 0.452 e. The van der Waals surface area contributed by atoms with Crippen molar-refractivity contribution in [2.75, 3.05) is 19.4 Å². The number of sulfone groups is 1. The zero-order valence-corrected chi connectivity index (χ0v) is 14.5. The Morgan fingerprint density at radius 3 is 2.35 bits per heavy atom. The Kier molecular flexibility index (Phi) is 6.73. The lowest BCUT2D eigenvalue weighted by molar-refractivity contribution is -0.125. The molecular weight excluding hydrogens is 381 g/mol. The first-order chi connectivity index (χ1) is 11.8. The number of carbonyl (C=O) groups is 3. The van der Waals surface area contributed by atoms with Crippen molar-refractivity contribution in [3.05, 3.63) is 29.3 Å². The van der Waals surface area contributed by atoms with E-state index in [-0.39, 0.29) is 10.5 Å². The average Bonchev–Trinajstić information content (AvgIpc) is 2.49. The summed E-state index contributed by atoms with van der Waals surface area (Å²) in [6.45, 7) is -1.07. The molecule has 144 valence electrons. The van der Waals surface area contributed by atoms with E-state index in [2.05, 4.69) is 4.74 Å². The first-order valence-corrected chi connectivity index (χ1v) is 8.81. The molecule has 0 saturated carbocycles. The van der Waals surface area contributed by atoms with Crippen molar-refractivity contribution in [2.45, 2.75) is 18.0 Å². The first-order valence-electron chi connectivity index (χ1n) is 6.92. The number of hydrogen-bond donors (Lipinski definition) is 2. The first kappa shape index (κ1) is 21.4.